The van der Waals surface area contributed by atoms with Crippen molar-refractivity contribution >= 4 is 33.3 Å². The van der Waals surface area contributed by atoms with Gasteiger partial charge in [0, 0.05) is 19.4 Å². The predicted molar refractivity (Wildman–Crippen MR) is 72.4 cm³/mol. The maximum Gasteiger partial charge on any atom is 0.168 e. The molecule has 0 saturated heterocycles. The van der Waals surface area contributed by atoms with Crippen molar-refractivity contribution < 1.29 is 0 Å². The normalized spacial score (nSPS) is 11.1. The molecule has 3 aromatic rings. The average Bonchev–Trinajstić information content (AvgIpc) is 2.92. The molecule has 0 spiro atoms. The Morgan fingerprint density at radius 2 is 2.24 bits per heavy atom. The van der Waals surface area contributed by atoms with E-state index in [0.29, 0.717) is 0 Å². The van der Waals surface area contributed by atoms with Crippen LogP contribution in [0.2, 0.25) is 0 Å². The molecule has 0 bridgehead atoms. The van der Waals surface area contributed by atoms with Crippen LogP contribution in [-0.4, -0.2) is 14.5 Å². The summed E-state index contributed by atoms with van der Waals surface area (Å²) in [4.78, 5) is 8.89. The molecule has 2 aromatic heterocycles. The van der Waals surface area contributed by atoms with E-state index in [-0.39, 0.29) is 0 Å². The van der Waals surface area contributed by atoms with E-state index in [0.717, 1.165) is 21.4 Å². The fourth-order valence-electron chi connectivity index (χ4n) is 1.60. The number of benzene rings is 1. The minimum atomic E-state index is 0.879. The highest BCUT2D eigenvalue weighted by Gasteiger charge is 2.05. The zero-order chi connectivity index (χ0) is 11.7. The molecule has 1 aromatic carbocycles. The van der Waals surface area contributed by atoms with E-state index in [9.17, 15) is 0 Å². The third-order valence-corrected chi connectivity index (χ3v) is 4.73. The third kappa shape index (κ3) is 2.21. The van der Waals surface area contributed by atoms with Crippen molar-refractivity contribution in [1.82, 2.24) is 14.5 Å². The summed E-state index contributed by atoms with van der Waals surface area (Å²) in [5.41, 5.74) is 1.09. The van der Waals surface area contributed by atoms with Crippen LogP contribution in [-0.2, 0) is 12.8 Å². The molecule has 17 heavy (non-hydrogen) atoms. The van der Waals surface area contributed by atoms with Crippen molar-refractivity contribution in [3.05, 3.63) is 41.7 Å². The zero-order valence-electron chi connectivity index (χ0n) is 9.33. The molecule has 5 heteroatoms. The quantitative estimate of drug-likeness (QED) is 0.678. The van der Waals surface area contributed by atoms with Gasteiger partial charge < -0.3 is 4.57 Å². The second kappa shape index (κ2) is 4.50. The van der Waals surface area contributed by atoms with Gasteiger partial charge in [-0.15, -0.1) is 11.3 Å². The molecule has 0 unspecified atom stereocenters. The minimum absolute atomic E-state index is 0.879. The van der Waals surface area contributed by atoms with E-state index in [1.807, 2.05) is 30.1 Å². The SMILES string of the molecule is Cn1ccnc1SCc1nc2ccccc2s1. The predicted octanol–water partition coefficient (Wildman–Crippen LogP) is 3.32. The number of para-hydroxylation sites is 1. The van der Waals surface area contributed by atoms with Crippen LogP contribution < -0.4 is 0 Å². The number of thiazole rings is 1. The van der Waals surface area contributed by atoms with E-state index >= 15 is 0 Å². The topological polar surface area (TPSA) is 30.7 Å². The number of fused-ring (bicyclic) bond motifs is 1. The summed E-state index contributed by atoms with van der Waals surface area (Å²) in [6.45, 7) is 0. The van der Waals surface area contributed by atoms with E-state index in [1.54, 1.807) is 23.1 Å². The number of aromatic nitrogens is 3. The first-order valence-corrected chi connectivity index (χ1v) is 7.08. The van der Waals surface area contributed by atoms with Crippen LogP contribution in [0.4, 0.5) is 0 Å². The van der Waals surface area contributed by atoms with Gasteiger partial charge in [0.1, 0.15) is 5.01 Å². The van der Waals surface area contributed by atoms with E-state index in [2.05, 4.69) is 28.2 Å². The Labute approximate surface area is 108 Å². The molecule has 2 heterocycles. The first-order valence-electron chi connectivity index (χ1n) is 5.27. The second-order valence-corrected chi connectivity index (χ2v) is 5.74. The summed E-state index contributed by atoms with van der Waals surface area (Å²) < 4.78 is 3.28. The fraction of sp³-hybridized carbons (Fsp3) is 0.167. The van der Waals surface area contributed by atoms with Crippen molar-refractivity contribution in [2.45, 2.75) is 10.9 Å². The summed E-state index contributed by atoms with van der Waals surface area (Å²) >= 11 is 3.48. The number of thioether (sulfide) groups is 1. The van der Waals surface area contributed by atoms with Gasteiger partial charge in [0.05, 0.1) is 16.0 Å². The van der Waals surface area contributed by atoms with Gasteiger partial charge >= 0.3 is 0 Å². The monoisotopic (exact) mass is 261 g/mol. The van der Waals surface area contributed by atoms with Crippen LogP contribution >= 0.6 is 23.1 Å². The molecule has 3 rings (SSSR count). The van der Waals surface area contributed by atoms with Gasteiger partial charge in [-0.3, -0.25) is 0 Å². The first kappa shape index (κ1) is 10.8. The second-order valence-electron chi connectivity index (χ2n) is 3.68. The molecular formula is C12H11N3S2. The summed E-state index contributed by atoms with van der Waals surface area (Å²) in [7, 11) is 2.01. The maximum absolute atomic E-state index is 4.60. The molecule has 3 nitrogen and oxygen atoms in total. The van der Waals surface area contributed by atoms with Crippen molar-refractivity contribution in [3.8, 4) is 0 Å². The molecule has 86 valence electrons. The van der Waals surface area contributed by atoms with E-state index in [1.165, 1.54) is 4.70 Å². The Morgan fingerprint density at radius 3 is 3.00 bits per heavy atom. The van der Waals surface area contributed by atoms with Crippen molar-refractivity contribution in [2.75, 3.05) is 0 Å². The highest BCUT2D eigenvalue weighted by molar-refractivity contribution is 7.98. The molecule has 0 amide bonds. The summed E-state index contributed by atoms with van der Waals surface area (Å²) in [6, 6.07) is 8.25. The highest BCUT2D eigenvalue weighted by atomic mass is 32.2. The highest BCUT2D eigenvalue weighted by Crippen LogP contribution is 2.27. The van der Waals surface area contributed by atoms with Gasteiger partial charge in [0.25, 0.3) is 0 Å². The lowest BCUT2D eigenvalue weighted by Crippen LogP contribution is -1.89. The molecule has 0 atom stereocenters. The molecule has 0 fully saturated rings. The van der Waals surface area contributed by atoms with Gasteiger partial charge in [-0.1, -0.05) is 23.9 Å². The number of nitrogens with zero attached hydrogens (tertiary/aromatic N) is 3. The lowest BCUT2D eigenvalue weighted by atomic mass is 10.3. The van der Waals surface area contributed by atoms with Crippen LogP contribution in [0, 0.1) is 0 Å². The molecule has 0 N–H and O–H groups in total. The summed E-state index contributed by atoms with van der Waals surface area (Å²) in [5, 5.41) is 2.18. The van der Waals surface area contributed by atoms with Crippen molar-refractivity contribution in [1.29, 1.82) is 0 Å². The van der Waals surface area contributed by atoms with Gasteiger partial charge in [0.2, 0.25) is 0 Å². The van der Waals surface area contributed by atoms with Gasteiger partial charge in [-0.2, -0.15) is 0 Å². The third-order valence-electron chi connectivity index (χ3n) is 2.44. The summed E-state index contributed by atoms with van der Waals surface area (Å²) in [6.07, 6.45) is 3.78. The van der Waals surface area contributed by atoms with Crippen LogP contribution in [0.1, 0.15) is 5.01 Å². The molecule has 0 aliphatic carbocycles. The van der Waals surface area contributed by atoms with Crippen LogP contribution in [0.15, 0.2) is 41.8 Å². The summed E-state index contributed by atoms with van der Waals surface area (Å²) in [5.74, 6) is 0.879. The zero-order valence-corrected chi connectivity index (χ0v) is 11.0. The Morgan fingerprint density at radius 1 is 1.35 bits per heavy atom. The van der Waals surface area contributed by atoms with E-state index < -0.39 is 0 Å². The van der Waals surface area contributed by atoms with Crippen molar-refractivity contribution in [2.24, 2.45) is 7.05 Å². The molecular weight excluding hydrogens is 250 g/mol. The first-order chi connectivity index (χ1) is 8.33. The Kier molecular flexibility index (Phi) is 2.86. The molecule has 0 saturated carbocycles. The van der Waals surface area contributed by atoms with Crippen LogP contribution in [0.3, 0.4) is 0 Å². The lowest BCUT2D eigenvalue weighted by Gasteiger charge is -1.98. The Balaban J connectivity index is 1.79. The molecule has 0 aliphatic heterocycles. The Bertz CT molecular complexity index is 609. The van der Waals surface area contributed by atoms with Gasteiger partial charge in [-0.25, -0.2) is 9.97 Å². The number of hydrogen-bond acceptors (Lipinski definition) is 4. The molecule has 0 radical (unpaired) electrons. The van der Waals surface area contributed by atoms with Crippen molar-refractivity contribution in [3.63, 3.8) is 0 Å². The minimum Gasteiger partial charge on any atom is -0.329 e. The van der Waals surface area contributed by atoms with E-state index in [4.69, 9.17) is 0 Å². The maximum atomic E-state index is 4.60. The smallest absolute Gasteiger partial charge is 0.168 e. The average molecular weight is 261 g/mol. The fourth-order valence-corrected chi connectivity index (χ4v) is 3.49. The van der Waals surface area contributed by atoms with Crippen LogP contribution in [0.25, 0.3) is 10.2 Å². The number of hydrogen-bond donors (Lipinski definition) is 0. The number of aryl methyl sites for hydroxylation is 1. The lowest BCUT2D eigenvalue weighted by molar-refractivity contribution is 0.790. The largest absolute Gasteiger partial charge is 0.329 e. The Hall–Kier alpha value is -1.33. The number of rotatable bonds is 3. The van der Waals surface area contributed by atoms with Gasteiger partial charge in [-0.05, 0) is 12.1 Å². The number of imidazole rings is 1. The molecule has 0 aliphatic rings. The van der Waals surface area contributed by atoms with Gasteiger partial charge in [0.15, 0.2) is 5.16 Å². The van der Waals surface area contributed by atoms with Crippen LogP contribution in [0.5, 0.6) is 0 Å². The standard InChI is InChI=1S/C12H11N3S2/c1-15-7-6-13-12(15)16-8-11-14-9-4-2-3-5-10(9)17-11/h2-7H,8H2,1H3.